The molecule has 1 N–H and O–H groups in total. The Morgan fingerprint density at radius 1 is 1.12 bits per heavy atom. The maximum absolute atomic E-state index is 14.2. The minimum absolute atomic E-state index is 0.232. The zero-order valence-electron chi connectivity index (χ0n) is 12.2. The van der Waals surface area contributed by atoms with Gasteiger partial charge in [-0.3, -0.25) is 4.79 Å². The van der Waals surface area contributed by atoms with Gasteiger partial charge in [0, 0.05) is 0 Å². The second kappa shape index (κ2) is 5.63. The smallest absolute Gasteiger partial charge is 0.419 e. The fourth-order valence-corrected chi connectivity index (χ4v) is 2.42. The van der Waals surface area contributed by atoms with Crippen molar-refractivity contribution in [3.8, 4) is 17.1 Å². The summed E-state index contributed by atoms with van der Waals surface area (Å²) in [5, 5.41) is 0.243. The van der Waals surface area contributed by atoms with E-state index in [-0.39, 0.29) is 16.7 Å². The van der Waals surface area contributed by atoms with Gasteiger partial charge in [0.15, 0.2) is 0 Å². The lowest BCUT2D eigenvalue weighted by Gasteiger charge is -2.16. The van der Waals surface area contributed by atoms with Gasteiger partial charge in [0.25, 0.3) is 5.56 Å². The van der Waals surface area contributed by atoms with Crippen molar-refractivity contribution in [3.05, 3.63) is 58.1 Å². The number of ether oxygens (including phenoxy) is 1. The number of methoxy groups -OCH3 is 1. The fraction of sp³-hybridized carbons (Fsp3) is 0.125. The van der Waals surface area contributed by atoms with Gasteiger partial charge in [-0.25, -0.2) is 9.37 Å². The molecular weight excluding hydrogens is 328 g/mol. The monoisotopic (exact) mass is 338 g/mol. The van der Waals surface area contributed by atoms with E-state index < -0.39 is 34.4 Å². The van der Waals surface area contributed by atoms with Crippen LogP contribution in [-0.4, -0.2) is 17.1 Å². The summed E-state index contributed by atoms with van der Waals surface area (Å²) < 4.78 is 58.3. The van der Waals surface area contributed by atoms with Gasteiger partial charge in [-0.15, -0.1) is 0 Å². The number of alkyl halides is 3. The summed E-state index contributed by atoms with van der Waals surface area (Å²) in [5.74, 6) is -2.06. The van der Waals surface area contributed by atoms with Crippen molar-refractivity contribution in [2.45, 2.75) is 6.18 Å². The van der Waals surface area contributed by atoms with E-state index in [0.29, 0.717) is 12.1 Å². The van der Waals surface area contributed by atoms with E-state index in [0.717, 1.165) is 7.11 Å². The molecule has 1 heterocycles. The van der Waals surface area contributed by atoms with Crippen LogP contribution >= 0.6 is 0 Å². The van der Waals surface area contributed by atoms with Crippen LogP contribution in [0, 0.1) is 5.82 Å². The summed E-state index contributed by atoms with van der Waals surface area (Å²) >= 11 is 0. The van der Waals surface area contributed by atoms with Crippen molar-refractivity contribution in [3.63, 3.8) is 0 Å². The van der Waals surface area contributed by atoms with Crippen LogP contribution < -0.4 is 10.3 Å². The third kappa shape index (κ3) is 2.60. The molecule has 124 valence electrons. The number of aromatic nitrogens is 2. The Morgan fingerprint density at radius 2 is 1.83 bits per heavy atom. The number of nitrogens with one attached hydrogen (secondary N) is 1. The predicted octanol–water partition coefficient (Wildman–Crippen LogP) is 3.76. The highest BCUT2D eigenvalue weighted by Gasteiger charge is 2.37. The molecule has 4 nitrogen and oxygen atoms in total. The number of aromatic amines is 1. The largest absolute Gasteiger partial charge is 0.495 e. The molecule has 3 aromatic rings. The molecule has 0 bridgehead atoms. The SMILES string of the molecule is COc1c(C(F)(F)F)ccc(F)c1-c1nc2ccccc2c(=O)[nH]1. The van der Waals surface area contributed by atoms with Crippen molar-refractivity contribution in [1.29, 1.82) is 0 Å². The Labute approximate surface area is 132 Å². The van der Waals surface area contributed by atoms with Crippen LogP contribution in [0.4, 0.5) is 17.6 Å². The molecule has 0 fully saturated rings. The van der Waals surface area contributed by atoms with E-state index in [9.17, 15) is 22.4 Å². The number of para-hydroxylation sites is 1. The first kappa shape index (κ1) is 16.0. The molecule has 0 aliphatic carbocycles. The first-order valence-corrected chi connectivity index (χ1v) is 6.76. The lowest BCUT2D eigenvalue weighted by Crippen LogP contribution is -2.13. The van der Waals surface area contributed by atoms with Crippen LogP contribution in [0.25, 0.3) is 22.3 Å². The zero-order chi connectivity index (χ0) is 17.5. The van der Waals surface area contributed by atoms with Gasteiger partial charge < -0.3 is 9.72 Å². The van der Waals surface area contributed by atoms with E-state index >= 15 is 0 Å². The summed E-state index contributed by atoms with van der Waals surface area (Å²) in [6, 6.07) is 7.48. The molecular formula is C16H10F4N2O2. The van der Waals surface area contributed by atoms with Crippen molar-refractivity contribution < 1.29 is 22.3 Å². The molecule has 1 aromatic heterocycles. The second-order valence-corrected chi connectivity index (χ2v) is 4.93. The molecule has 0 spiro atoms. The van der Waals surface area contributed by atoms with Gasteiger partial charge in [0.1, 0.15) is 17.4 Å². The van der Waals surface area contributed by atoms with Crippen LogP contribution in [0.1, 0.15) is 5.56 Å². The molecule has 0 aliphatic heterocycles. The van der Waals surface area contributed by atoms with Gasteiger partial charge in [-0.1, -0.05) is 12.1 Å². The number of hydrogen-bond acceptors (Lipinski definition) is 3. The summed E-state index contributed by atoms with van der Waals surface area (Å²) in [7, 11) is 0.993. The van der Waals surface area contributed by atoms with Crippen molar-refractivity contribution in [1.82, 2.24) is 9.97 Å². The maximum Gasteiger partial charge on any atom is 0.419 e. The highest BCUT2D eigenvalue weighted by Crippen LogP contribution is 2.42. The molecule has 0 amide bonds. The number of halogens is 4. The Balaban J connectivity index is 2.36. The van der Waals surface area contributed by atoms with Gasteiger partial charge in [0.2, 0.25) is 0 Å². The van der Waals surface area contributed by atoms with Crippen LogP contribution in [0.2, 0.25) is 0 Å². The number of rotatable bonds is 2. The molecule has 0 radical (unpaired) electrons. The topological polar surface area (TPSA) is 55.0 Å². The minimum atomic E-state index is -4.75. The lowest BCUT2D eigenvalue weighted by molar-refractivity contribution is -0.138. The number of H-pyrrole nitrogens is 1. The van der Waals surface area contributed by atoms with Crippen LogP contribution in [0.5, 0.6) is 5.75 Å². The summed E-state index contributed by atoms with van der Waals surface area (Å²) in [6.45, 7) is 0. The molecule has 0 unspecified atom stereocenters. The number of hydrogen-bond donors (Lipinski definition) is 1. The quantitative estimate of drug-likeness (QED) is 0.724. The van der Waals surface area contributed by atoms with E-state index in [1.165, 1.54) is 12.1 Å². The molecule has 8 heteroatoms. The highest BCUT2D eigenvalue weighted by atomic mass is 19.4. The van der Waals surface area contributed by atoms with Gasteiger partial charge in [0.05, 0.1) is 29.1 Å². The number of fused-ring (bicyclic) bond motifs is 1. The van der Waals surface area contributed by atoms with Crippen LogP contribution in [0.15, 0.2) is 41.2 Å². The normalized spacial score (nSPS) is 11.7. The van der Waals surface area contributed by atoms with Crippen LogP contribution in [-0.2, 0) is 6.18 Å². The third-order valence-corrected chi connectivity index (χ3v) is 3.47. The summed E-state index contributed by atoms with van der Waals surface area (Å²) in [4.78, 5) is 18.4. The summed E-state index contributed by atoms with van der Waals surface area (Å²) in [6.07, 6.45) is -4.75. The zero-order valence-corrected chi connectivity index (χ0v) is 12.2. The van der Waals surface area contributed by atoms with Gasteiger partial charge >= 0.3 is 6.18 Å². The van der Waals surface area contributed by atoms with Crippen LogP contribution in [0.3, 0.4) is 0 Å². The average Bonchev–Trinajstić information content (AvgIpc) is 2.53. The first-order valence-electron chi connectivity index (χ1n) is 6.76. The van der Waals surface area contributed by atoms with Crippen molar-refractivity contribution in [2.75, 3.05) is 7.11 Å². The Morgan fingerprint density at radius 3 is 2.50 bits per heavy atom. The van der Waals surface area contributed by atoms with Gasteiger partial charge in [-0.05, 0) is 24.3 Å². The molecule has 0 atom stereocenters. The van der Waals surface area contributed by atoms with Gasteiger partial charge in [-0.2, -0.15) is 13.2 Å². The highest BCUT2D eigenvalue weighted by molar-refractivity contribution is 5.80. The number of benzene rings is 2. The molecule has 0 aliphatic rings. The first-order chi connectivity index (χ1) is 11.3. The summed E-state index contributed by atoms with van der Waals surface area (Å²) in [5.41, 5.74) is -2.06. The van der Waals surface area contributed by atoms with E-state index in [1.54, 1.807) is 12.1 Å². The molecule has 0 saturated carbocycles. The number of nitrogens with zero attached hydrogens (tertiary/aromatic N) is 1. The fourth-order valence-electron chi connectivity index (χ4n) is 2.42. The van der Waals surface area contributed by atoms with Crippen molar-refractivity contribution in [2.24, 2.45) is 0 Å². The lowest BCUT2D eigenvalue weighted by atomic mass is 10.1. The Kier molecular flexibility index (Phi) is 3.75. The Bertz CT molecular complexity index is 980. The Hall–Kier alpha value is -2.90. The van der Waals surface area contributed by atoms with E-state index in [4.69, 9.17) is 4.74 Å². The third-order valence-electron chi connectivity index (χ3n) is 3.47. The predicted molar refractivity (Wildman–Crippen MR) is 79.3 cm³/mol. The second-order valence-electron chi connectivity index (χ2n) is 4.93. The standard InChI is InChI=1S/C16H10F4N2O2/c1-24-13-9(16(18,19)20)6-7-10(17)12(13)14-21-11-5-3-2-4-8(11)15(23)22-14/h2-7H,1H3,(H,21,22,23). The molecule has 3 rings (SSSR count). The van der Waals surface area contributed by atoms with E-state index in [2.05, 4.69) is 9.97 Å². The minimum Gasteiger partial charge on any atom is -0.495 e. The molecule has 24 heavy (non-hydrogen) atoms. The maximum atomic E-state index is 14.2. The van der Waals surface area contributed by atoms with Crippen molar-refractivity contribution >= 4 is 10.9 Å². The average molecular weight is 338 g/mol. The van der Waals surface area contributed by atoms with E-state index in [1.807, 2.05) is 0 Å². The molecule has 2 aromatic carbocycles. The molecule has 0 saturated heterocycles.